The summed E-state index contributed by atoms with van der Waals surface area (Å²) in [7, 11) is 3.40. The molecule has 0 radical (unpaired) electrons. The van der Waals surface area contributed by atoms with Gasteiger partial charge in [-0.1, -0.05) is 0 Å². The van der Waals surface area contributed by atoms with Gasteiger partial charge >= 0.3 is 5.97 Å². The average Bonchev–Trinajstić information content (AvgIpc) is 3.08. The fourth-order valence-electron chi connectivity index (χ4n) is 2.41. The number of hydrogen-bond acceptors (Lipinski definition) is 5. The van der Waals surface area contributed by atoms with Gasteiger partial charge in [-0.05, 0) is 12.8 Å². The summed E-state index contributed by atoms with van der Waals surface area (Å²) in [6.45, 7) is 3.07. The summed E-state index contributed by atoms with van der Waals surface area (Å²) in [4.78, 5) is 17.9. The van der Waals surface area contributed by atoms with Crippen molar-refractivity contribution in [2.75, 3.05) is 26.8 Å². The molecule has 1 atom stereocenters. The quantitative estimate of drug-likeness (QED) is 0.697. The monoisotopic (exact) mass is 281 g/mol. The van der Waals surface area contributed by atoms with Crippen molar-refractivity contribution in [1.29, 1.82) is 0 Å². The molecule has 2 heterocycles. The highest BCUT2D eigenvalue weighted by atomic mass is 16.5. The molecule has 2 rings (SSSR count). The molecule has 0 unspecified atom stereocenters. The van der Waals surface area contributed by atoms with Gasteiger partial charge in [-0.25, -0.2) is 4.98 Å². The molecule has 1 fully saturated rings. The number of esters is 1. The Morgan fingerprint density at radius 2 is 2.50 bits per heavy atom. The van der Waals surface area contributed by atoms with Gasteiger partial charge in [-0.2, -0.15) is 0 Å². The highest BCUT2D eigenvalue weighted by Gasteiger charge is 2.20. The van der Waals surface area contributed by atoms with E-state index in [1.54, 1.807) is 6.20 Å². The zero-order valence-corrected chi connectivity index (χ0v) is 12.2. The van der Waals surface area contributed by atoms with Crippen molar-refractivity contribution in [3.63, 3.8) is 0 Å². The molecule has 1 aromatic rings. The van der Waals surface area contributed by atoms with Crippen molar-refractivity contribution in [2.24, 2.45) is 7.05 Å². The van der Waals surface area contributed by atoms with Gasteiger partial charge in [0.15, 0.2) is 0 Å². The Hall–Kier alpha value is -1.40. The summed E-state index contributed by atoms with van der Waals surface area (Å²) >= 11 is 0. The lowest BCUT2D eigenvalue weighted by atomic mass is 10.2. The smallest absolute Gasteiger partial charge is 0.306 e. The Kier molecular flexibility index (Phi) is 5.55. The van der Waals surface area contributed by atoms with Crippen molar-refractivity contribution < 1.29 is 14.3 Å². The lowest BCUT2D eigenvalue weighted by Crippen LogP contribution is -2.34. The molecule has 6 heteroatoms. The molecule has 6 nitrogen and oxygen atoms in total. The van der Waals surface area contributed by atoms with Gasteiger partial charge in [0.05, 0.1) is 26.2 Å². The van der Waals surface area contributed by atoms with Crippen LogP contribution in [0.25, 0.3) is 0 Å². The van der Waals surface area contributed by atoms with E-state index in [4.69, 9.17) is 9.47 Å². The Morgan fingerprint density at radius 1 is 1.65 bits per heavy atom. The van der Waals surface area contributed by atoms with E-state index in [9.17, 15) is 4.79 Å². The molecule has 1 aliphatic rings. The normalized spacial score (nSPS) is 18.6. The van der Waals surface area contributed by atoms with E-state index >= 15 is 0 Å². The molecule has 20 heavy (non-hydrogen) atoms. The van der Waals surface area contributed by atoms with Crippen molar-refractivity contribution in [2.45, 2.75) is 31.9 Å². The molecule has 112 valence electrons. The van der Waals surface area contributed by atoms with Crippen molar-refractivity contribution in [3.05, 3.63) is 18.2 Å². The van der Waals surface area contributed by atoms with E-state index in [0.717, 1.165) is 38.4 Å². The third-order valence-electron chi connectivity index (χ3n) is 3.63. The predicted molar refractivity (Wildman–Crippen MR) is 74.1 cm³/mol. The van der Waals surface area contributed by atoms with Crippen LogP contribution in [0.5, 0.6) is 0 Å². The van der Waals surface area contributed by atoms with Gasteiger partial charge in [0.2, 0.25) is 0 Å². The third kappa shape index (κ3) is 4.31. The average molecular weight is 281 g/mol. The molecule has 1 aliphatic heterocycles. The van der Waals surface area contributed by atoms with E-state index in [2.05, 4.69) is 9.88 Å². The molecule has 1 aromatic heterocycles. The summed E-state index contributed by atoms with van der Waals surface area (Å²) in [6, 6.07) is 0. The molecule has 0 N–H and O–H groups in total. The first kappa shape index (κ1) is 15.0. The third-order valence-corrected chi connectivity index (χ3v) is 3.63. The van der Waals surface area contributed by atoms with Crippen LogP contribution in [0.15, 0.2) is 12.4 Å². The molecule has 0 saturated carbocycles. The van der Waals surface area contributed by atoms with Crippen molar-refractivity contribution in [3.8, 4) is 0 Å². The summed E-state index contributed by atoms with van der Waals surface area (Å²) < 4.78 is 12.4. The maximum absolute atomic E-state index is 11.3. The second-order valence-corrected chi connectivity index (χ2v) is 5.15. The number of carbonyl (C=O) groups excluding carboxylic acids is 1. The van der Waals surface area contributed by atoms with Gasteiger partial charge in [0, 0.05) is 39.1 Å². The SMILES string of the molecule is COC(=O)CCN(Cc1nccn1C)C[C@H]1CCCO1. The lowest BCUT2D eigenvalue weighted by molar-refractivity contribution is -0.141. The van der Waals surface area contributed by atoms with Crippen LogP contribution < -0.4 is 0 Å². The second-order valence-electron chi connectivity index (χ2n) is 5.15. The fraction of sp³-hybridized carbons (Fsp3) is 0.714. The molecule has 0 amide bonds. The molecular weight excluding hydrogens is 258 g/mol. The highest BCUT2D eigenvalue weighted by molar-refractivity contribution is 5.69. The first-order valence-electron chi connectivity index (χ1n) is 7.06. The van der Waals surface area contributed by atoms with Crippen molar-refractivity contribution in [1.82, 2.24) is 14.5 Å². The molecule has 1 saturated heterocycles. The standard InChI is InChI=1S/C14H23N3O3/c1-16-8-6-15-13(16)11-17(7-5-14(18)19-2)10-12-4-3-9-20-12/h6,8,12H,3-5,7,9-11H2,1-2H3/t12-/m1/s1. The maximum Gasteiger partial charge on any atom is 0.306 e. The van der Waals surface area contributed by atoms with E-state index in [0.29, 0.717) is 13.0 Å². The van der Waals surface area contributed by atoms with Crippen LogP contribution in [0.2, 0.25) is 0 Å². The number of ether oxygens (including phenoxy) is 2. The second kappa shape index (κ2) is 7.40. The summed E-state index contributed by atoms with van der Waals surface area (Å²) in [5.74, 6) is 0.815. The molecule has 0 aliphatic carbocycles. The Labute approximate surface area is 119 Å². The van der Waals surface area contributed by atoms with Crippen LogP contribution in [0.1, 0.15) is 25.1 Å². The number of imidazole rings is 1. The van der Waals surface area contributed by atoms with Crippen LogP contribution in [0.3, 0.4) is 0 Å². The highest BCUT2D eigenvalue weighted by Crippen LogP contribution is 2.15. The van der Waals surface area contributed by atoms with Gasteiger partial charge in [0.1, 0.15) is 5.82 Å². The van der Waals surface area contributed by atoms with E-state index in [-0.39, 0.29) is 12.1 Å². The maximum atomic E-state index is 11.3. The molecule has 0 bridgehead atoms. The van der Waals surface area contributed by atoms with Crippen LogP contribution in [0, 0.1) is 0 Å². The van der Waals surface area contributed by atoms with Crippen molar-refractivity contribution >= 4 is 5.97 Å². The van der Waals surface area contributed by atoms with Gasteiger partial charge in [-0.15, -0.1) is 0 Å². The first-order valence-corrected chi connectivity index (χ1v) is 7.06. The van der Waals surface area contributed by atoms with Crippen LogP contribution in [0.4, 0.5) is 0 Å². The van der Waals surface area contributed by atoms with Crippen LogP contribution in [-0.2, 0) is 27.9 Å². The minimum atomic E-state index is -0.179. The van der Waals surface area contributed by atoms with Gasteiger partial charge in [-0.3, -0.25) is 9.69 Å². The van der Waals surface area contributed by atoms with E-state index in [1.807, 2.05) is 17.8 Å². The van der Waals surface area contributed by atoms with Crippen LogP contribution in [-0.4, -0.2) is 53.3 Å². The fourth-order valence-corrected chi connectivity index (χ4v) is 2.41. The van der Waals surface area contributed by atoms with Crippen LogP contribution >= 0.6 is 0 Å². The molecule has 0 aromatic carbocycles. The van der Waals surface area contributed by atoms with E-state index < -0.39 is 0 Å². The molecular formula is C14H23N3O3. The number of rotatable bonds is 7. The number of aromatic nitrogens is 2. The van der Waals surface area contributed by atoms with E-state index in [1.165, 1.54) is 7.11 Å². The number of nitrogens with zero attached hydrogens (tertiary/aromatic N) is 3. The largest absolute Gasteiger partial charge is 0.469 e. The summed E-state index contributed by atoms with van der Waals surface area (Å²) in [6.07, 6.45) is 6.61. The number of aryl methyl sites for hydroxylation is 1. The Bertz CT molecular complexity index is 427. The minimum absolute atomic E-state index is 0.179. The summed E-state index contributed by atoms with van der Waals surface area (Å²) in [5, 5.41) is 0. The predicted octanol–water partition coefficient (Wildman–Crippen LogP) is 0.964. The Balaban J connectivity index is 1.91. The zero-order chi connectivity index (χ0) is 14.4. The topological polar surface area (TPSA) is 56.6 Å². The lowest BCUT2D eigenvalue weighted by Gasteiger charge is -2.24. The Morgan fingerprint density at radius 3 is 3.10 bits per heavy atom. The van der Waals surface area contributed by atoms with Gasteiger partial charge < -0.3 is 14.0 Å². The summed E-state index contributed by atoms with van der Waals surface area (Å²) in [5.41, 5.74) is 0. The number of methoxy groups -OCH3 is 1. The number of hydrogen-bond donors (Lipinski definition) is 0. The number of carbonyl (C=O) groups is 1. The minimum Gasteiger partial charge on any atom is -0.469 e. The zero-order valence-electron chi connectivity index (χ0n) is 12.2. The first-order chi connectivity index (χ1) is 9.69. The molecule has 0 spiro atoms. The van der Waals surface area contributed by atoms with Gasteiger partial charge in [0.25, 0.3) is 0 Å².